The number of nitro benzene ring substituents is 1. The summed E-state index contributed by atoms with van der Waals surface area (Å²) in [6.07, 6.45) is 1.10. The molecule has 0 radical (unpaired) electrons. The van der Waals surface area contributed by atoms with E-state index in [-0.39, 0.29) is 16.9 Å². The summed E-state index contributed by atoms with van der Waals surface area (Å²) in [6, 6.07) is 13.8. The zero-order valence-electron chi connectivity index (χ0n) is 18.1. The Morgan fingerprint density at radius 1 is 1.16 bits per heavy atom. The summed E-state index contributed by atoms with van der Waals surface area (Å²) in [7, 11) is 0. The number of carbonyl (C=O) groups is 1. The summed E-state index contributed by atoms with van der Waals surface area (Å²) >= 11 is 0. The Morgan fingerprint density at radius 3 is 2.62 bits per heavy atom. The first-order valence-corrected chi connectivity index (χ1v) is 10.5. The molecule has 0 bridgehead atoms. The number of allylic oxidation sites excluding steroid dienone is 2. The first-order valence-electron chi connectivity index (χ1n) is 10.5. The van der Waals surface area contributed by atoms with Gasteiger partial charge in [0.15, 0.2) is 11.6 Å². The van der Waals surface area contributed by atoms with Crippen LogP contribution < -0.4 is 5.32 Å². The van der Waals surface area contributed by atoms with Crippen molar-refractivity contribution >= 4 is 17.4 Å². The fraction of sp³-hybridized carbons (Fsp3) is 0.292. The van der Waals surface area contributed by atoms with Gasteiger partial charge in [0.2, 0.25) is 5.95 Å². The van der Waals surface area contributed by atoms with Gasteiger partial charge in [0.1, 0.15) is 6.04 Å². The molecule has 2 heterocycles. The number of benzene rings is 2. The Balaban J connectivity index is 1.69. The van der Waals surface area contributed by atoms with Crippen LogP contribution in [0.3, 0.4) is 0 Å². The van der Waals surface area contributed by atoms with Gasteiger partial charge in [-0.15, -0.1) is 5.10 Å². The maximum absolute atomic E-state index is 13.3. The minimum Gasteiger partial charge on any atom is -0.328 e. The molecule has 0 fully saturated rings. The van der Waals surface area contributed by atoms with E-state index in [9.17, 15) is 14.9 Å². The highest BCUT2D eigenvalue weighted by Gasteiger charge is 2.42. The standard InChI is InChI=1S/C24H23N5O3/c1-14-7-9-15(10-8-14)22-26-23-25-18-12-24(2,3)13-19(30)20(18)21(28(23)27-22)16-5-4-6-17(11-16)29(31)32/h4-11,21H,12-13H2,1-3H3,(H,25,26,27). The highest BCUT2D eigenvalue weighted by molar-refractivity contribution is 6.00. The second-order valence-electron chi connectivity index (χ2n) is 9.28. The van der Waals surface area contributed by atoms with Crippen molar-refractivity contribution in [3.8, 4) is 11.4 Å². The van der Waals surface area contributed by atoms with Crippen LogP contribution in [0, 0.1) is 22.5 Å². The van der Waals surface area contributed by atoms with Crippen LogP contribution in [0.4, 0.5) is 11.6 Å². The van der Waals surface area contributed by atoms with Crippen LogP contribution in [0.15, 0.2) is 59.8 Å². The largest absolute Gasteiger partial charge is 0.328 e. The smallest absolute Gasteiger partial charge is 0.269 e. The zero-order valence-corrected chi connectivity index (χ0v) is 18.1. The van der Waals surface area contributed by atoms with Crippen molar-refractivity contribution in [1.82, 2.24) is 14.8 Å². The highest BCUT2D eigenvalue weighted by atomic mass is 16.6. The third kappa shape index (κ3) is 3.37. The number of rotatable bonds is 3. The van der Waals surface area contributed by atoms with Crippen LogP contribution in [0.2, 0.25) is 0 Å². The summed E-state index contributed by atoms with van der Waals surface area (Å²) < 4.78 is 1.68. The van der Waals surface area contributed by atoms with E-state index in [1.54, 1.807) is 16.8 Å². The molecule has 1 aliphatic carbocycles. The second-order valence-corrected chi connectivity index (χ2v) is 9.28. The van der Waals surface area contributed by atoms with Gasteiger partial charge in [-0.2, -0.15) is 4.98 Å². The van der Waals surface area contributed by atoms with Crippen molar-refractivity contribution in [2.75, 3.05) is 5.32 Å². The first kappa shape index (κ1) is 20.1. The van der Waals surface area contributed by atoms with Gasteiger partial charge in [0.25, 0.3) is 5.69 Å². The Morgan fingerprint density at radius 2 is 1.91 bits per heavy atom. The third-order valence-corrected chi connectivity index (χ3v) is 6.04. The molecular weight excluding hydrogens is 406 g/mol. The predicted molar refractivity (Wildman–Crippen MR) is 120 cm³/mol. The minimum absolute atomic E-state index is 0.0211. The number of hydrogen-bond acceptors (Lipinski definition) is 6. The van der Waals surface area contributed by atoms with Crippen LogP contribution in [0.5, 0.6) is 0 Å². The van der Waals surface area contributed by atoms with Crippen LogP contribution in [-0.2, 0) is 4.79 Å². The molecule has 1 N–H and O–H groups in total. The Bertz CT molecular complexity index is 1290. The fourth-order valence-corrected chi connectivity index (χ4v) is 4.55. The first-order chi connectivity index (χ1) is 15.2. The number of carbonyl (C=O) groups excluding carboxylic acids is 1. The molecule has 2 aromatic carbocycles. The van der Waals surface area contributed by atoms with Crippen LogP contribution in [-0.4, -0.2) is 25.5 Å². The van der Waals surface area contributed by atoms with Gasteiger partial charge in [0.05, 0.1) is 4.92 Å². The molecular formula is C24H23N5O3. The van der Waals surface area contributed by atoms with E-state index in [1.165, 1.54) is 12.1 Å². The quantitative estimate of drug-likeness (QED) is 0.473. The Kier molecular flexibility index (Phi) is 4.47. The number of aryl methyl sites for hydroxylation is 1. The van der Waals surface area contributed by atoms with E-state index in [4.69, 9.17) is 10.1 Å². The average molecular weight is 429 g/mol. The molecule has 1 atom stereocenters. The number of nitrogens with one attached hydrogen (secondary N) is 1. The van der Waals surface area contributed by atoms with Crippen molar-refractivity contribution in [2.24, 2.45) is 5.41 Å². The van der Waals surface area contributed by atoms with E-state index >= 15 is 0 Å². The van der Waals surface area contributed by atoms with Crippen molar-refractivity contribution < 1.29 is 9.72 Å². The van der Waals surface area contributed by atoms with Crippen molar-refractivity contribution in [1.29, 1.82) is 0 Å². The molecule has 0 saturated heterocycles. The summed E-state index contributed by atoms with van der Waals surface area (Å²) in [5, 5.41) is 19.5. The van der Waals surface area contributed by atoms with Crippen LogP contribution in [0.25, 0.3) is 11.4 Å². The van der Waals surface area contributed by atoms with E-state index in [1.807, 2.05) is 31.2 Å². The number of anilines is 1. The minimum atomic E-state index is -0.573. The molecule has 3 aromatic rings. The Hall–Kier alpha value is -3.81. The second kappa shape index (κ2) is 7.12. The van der Waals surface area contributed by atoms with Gasteiger partial charge in [-0.1, -0.05) is 55.8 Å². The lowest BCUT2D eigenvalue weighted by molar-refractivity contribution is -0.384. The average Bonchev–Trinajstić information content (AvgIpc) is 3.15. The molecule has 0 spiro atoms. The summed E-state index contributed by atoms with van der Waals surface area (Å²) in [6.45, 7) is 6.15. The number of fused-ring (bicyclic) bond motifs is 1. The molecule has 5 rings (SSSR count). The molecule has 0 amide bonds. The van der Waals surface area contributed by atoms with E-state index < -0.39 is 11.0 Å². The zero-order chi connectivity index (χ0) is 22.6. The maximum Gasteiger partial charge on any atom is 0.269 e. The van der Waals surface area contributed by atoms with Crippen LogP contribution >= 0.6 is 0 Å². The normalized spacial score (nSPS) is 19.2. The lowest BCUT2D eigenvalue weighted by Gasteiger charge is -2.38. The number of aromatic nitrogens is 3. The van der Waals surface area contributed by atoms with E-state index in [0.29, 0.717) is 35.8 Å². The highest BCUT2D eigenvalue weighted by Crippen LogP contribution is 2.46. The monoisotopic (exact) mass is 429 g/mol. The lowest BCUT2D eigenvalue weighted by atomic mass is 9.73. The van der Waals surface area contributed by atoms with E-state index in [0.717, 1.165) is 16.8 Å². The molecule has 2 aliphatic rings. The van der Waals surface area contributed by atoms with E-state index in [2.05, 4.69) is 19.2 Å². The van der Waals surface area contributed by atoms with Gasteiger partial charge in [-0.3, -0.25) is 14.9 Å². The number of ketones is 1. The van der Waals surface area contributed by atoms with Gasteiger partial charge in [-0.25, -0.2) is 4.68 Å². The molecule has 1 aromatic heterocycles. The lowest BCUT2D eigenvalue weighted by Crippen LogP contribution is -2.36. The summed E-state index contributed by atoms with van der Waals surface area (Å²) in [5.74, 6) is 1.09. The molecule has 8 nitrogen and oxygen atoms in total. The van der Waals surface area contributed by atoms with Gasteiger partial charge < -0.3 is 5.32 Å². The Labute approximate surface area is 185 Å². The molecule has 1 unspecified atom stereocenters. The number of nitro groups is 1. The fourth-order valence-electron chi connectivity index (χ4n) is 4.55. The molecule has 162 valence electrons. The number of non-ortho nitro benzene ring substituents is 1. The van der Waals surface area contributed by atoms with Crippen molar-refractivity contribution in [3.05, 3.63) is 81.0 Å². The molecule has 8 heteroatoms. The van der Waals surface area contributed by atoms with Gasteiger partial charge in [0, 0.05) is 35.4 Å². The maximum atomic E-state index is 13.3. The third-order valence-electron chi connectivity index (χ3n) is 6.04. The van der Waals surface area contributed by atoms with Gasteiger partial charge in [-0.05, 0) is 24.3 Å². The molecule has 0 saturated carbocycles. The molecule has 1 aliphatic heterocycles. The van der Waals surface area contributed by atoms with Crippen molar-refractivity contribution in [3.63, 3.8) is 0 Å². The number of nitrogens with zero attached hydrogens (tertiary/aromatic N) is 4. The SMILES string of the molecule is Cc1ccc(-c2nc3n(n2)C(c2cccc([N+](=O)[O-])c2)C2=C(CC(C)(C)CC2=O)N3)cc1. The topological polar surface area (TPSA) is 103 Å². The number of Topliss-reactive ketones (excluding diaryl/α,β-unsaturated/α-hetero) is 1. The molecule has 32 heavy (non-hydrogen) atoms. The number of hydrogen-bond donors (Lipinski definition) is 1. The summed E-state index contributed by atoms with van der Waals surface area (Å²) in [4.78, 5) is 29.0. The summed E-state index contributed by atoms with van der Waals surface area (Å²) in [5.41, 5.74) is 3.86. The van der Waals surface area contributed by atoms with Crippen molar-refractivity contribution in [2.45, 2.75) is 39.7 Å². The van der Waals surface area contributed by atoms with Gasteiger partial charge >= 0.3 is 0 Å². The van der Waals surface area contributed by atoms with Crippen LogP contribution in [0.1, 0.15) is 43.9 Å². The predicted octanol–water partition coefficient (Wildman–Crippen LogP) is 4.82.